The number of carbonyl (C=O) groups excluding carboxylic acids is 5. The number of rotatable bonds is 29. The highest BCUT2D eigenvalue weighted by Gasteiger charge is 2.55. The zero-order valence-electron chi connectivity index (χ0n) is 49.7. The molecule has 0 saturated carbocycles. The number of hydrogen-bond acceptors (Lipinski definition) is 22. The van der Waals surface area contributed by atoms with Crippen molar-refractivity contribution < 1.29 is 89.7 Å². The van der Waals surface area contributed by atoms with E-state index in [9.17, 15) is 24.0 Å². The minimum atomic E-state index is -4.56. The summed E-state index contributed by atoms with van der Waals surface area (Å²) in [4.78, 5) is 82.3. The largest absolute Gasteiger partial charge is 0.497 e. The highest BCUT2D eigenvalue weighted by molar-refractivity contribution is 7.51. The number of ether oxygens (including phenoxy) is 11. The molecule has 1 aromatic heterocycles. The molecule has 0 spiro atoms. The fourth-order valence-electron chi connectivity index (χ4n) is 10.5. The molecule has 3 heterocycles. The van der Waals surface area contributed by atoms with Crippen molar-refractivity contribution in [2.75, 3.05) is 53.0 Å². The molecule has 5 aromatic rings. The van der Waals surface area contributed by atoms with Crippen molar-refractivity contribution in [1.82, 2.24) is 14.2 Å². The van der Waals surface area contributed by atoms with E-state index in [0.29, 0.717) is 28.2 Å². The van der Waals surface area contributed by atoms with Crippen LogP contribution in [-0.4, -0.2) is 152 Å². The Labute approximate surface area is 498 Å². The number of hydrogen-bond donors (Lipinski definition) is 1. The third-order valence-corrected chi connectivity index (χ3v) is 16.5. The Hall–Kier alpha value is -7.38. The predicted molar refractivity (Wildman–Crippen MR) is 309 cm³/mol. The van der Waals surface area contributed by atoms with Crippen LogP contribution in [0.1, 0.15) is 95.1 Å². The lowest BCUT2D eigenvalue weighted by molar-refractivity contribution is -0.309. The molecule has 10 atom stereocenters. The number of nitrogens with two attached hydrogens (primary N) is 1. The molecule has 0 radical (unpaired) electrons. The number of anilines is 1. The van der Waals surface area contributed by atoms with Gasteiger partial charge in [-0.25, -0.2) is 14.0 Å². The van der Waals surface area contributed by atoms with Crippen LogP contribution in [0.2, 0.25) is 0 Å². The third-order valence-electron chi connectivity index (χ3n) is 13.9. The van der Waals surface area contributed by atoms with Crippen molar-refractivity contribution in [3.05, 3.63) is 154 Å². The molecule has 2 saturated heterocycles. The van der Waals surface area contributed by atoms with Gasteiger partial charge in [-0.2, -0.15) is 4.98 Å². The number of nitrogens with zero attached hydrogens (tertiary/aromatic N) is 3. The van der Waals surface area contributed by atoms with E-state index in [1.807, 2.05) is 82.3 Å². The number of ketones is 1. The Morgan fingerprint density at radius 2 is 1.22 bits per heavy atom. The first kappa shape index (κ1) is 66.2. The minimum absolute atomic E-state index is 0.0439. The van der Waals surface area contributed by atoms with Crippen LogP contribution in [0.5, 0.6) is 11.5 Å². The quantitative estimate of drug-likeness (QED) is 0.0124. The van der Waals surface area contributed by atoms with E-state index in [0.717, 1.165) is 27.7 Å². The van der Waals surface area contributed by atoms with E-state index in [4.69, 9.17) is 66.9 Å². The highest BCUT2D eigenvalue weighted by Crippen LogP contribution is 2.58. The van der Waals surface area contributed by atoms with Gasteiger partial charge in [0.2, 0.25) is 0 Å². The van der Waals surface area contributed by atoms with E-state index >= 15 is 9.36 Å². The molecule has 4 aromatic carbocycles. The summed E-state index contributed by atoms with van der Waals surface area (Å²) in [5.74, 6) is -2.58. The fraction of sp³-hybridized carbons (Fsp3) is 0.459. The summed E-state index contributed by atoms with van der Waals surface area (Å²) in [5, 5.41) is 0. The molecule has 464 valence electrons. The van der Waals surface area contributed by atoms with Gasteiger partial charge in [0.25, 0.3) is 0 Å². The van der Waals surface area contributed by atoms with Gasteiger partial charge in [-0.15, -0.1) is 0 Å². The SMILES string of the molecule is COc1ccc(C(OC(C(=O)c2ccccc2)[C@H]2O[C@@H](n3ccc(N)nc3=O)C[C@@H]2OP(=O)(OCCOCCO[C@@H]2O[C@H](COC(C)=O)[C@H](OC(C)=O)[C@H](OC(C)=O)[C@H]2OC(C)=O)N(C(C)C)C(C)C)(c2ccccc2)c2ccc(OC)cc2)cc1. The maximum Gasteiger partial charge on any atom is 0.409 e. The number of carbonyl (C=O) groups is 5. The van der Waals surface area contributed by atoms with Crippen LogP contribution in [0.25, 0.3) is 0 Å². The van der Waals surface area contributed by atoms with Crippen molar-refractivity contribution in [3.8, 4) is 11.5 Å². The Kier molecular flexibility index (Phi) is 23.3. The molecule has 0 bridgehead atoms. The van der Waals surface area contributed by atoms with Crippen molar-refractivity contribution in [1.29, 1.82) is 0 Å². The number of aromatic nitrogens is 2. The molecule has 7 rings (SSSR count). The van der Waals surface area contributed by atoms with Gasteiger partial charge >= 0.3 is 37.3 Å². The molecular weight excluding hydrogens is 1140 g/mol. The normalized spacial score (nSPS) is 21.5. The number of benzene rings is 4. The second-order valence-corrected chi connectivity index (χ2v) is 22.5. The van der Waals surface area contributed by atoms with Crippen molar-refractivity contribution in [3.63, 3.8) is 0 Å². The Morgan fingerprint density at radius 1 is 0.686 bits per heavy atom. The molecule has 2 unspecified atom stereocenters. The average Bonchev–Trinajstić information content (AvgIpc) is 1.24. The standard InChI is InChI=1S/C61H75N4O20P/c1-37(2)65(38(3)4)86(72,78-34-32-75-31-33-76-59-58(81-42(8)69)57(80-41(7)68)55(79-40(6)67)50(82-59)36-77-39(5)66)85-49-35-52(64-30-29-51(62)63-60(64)71)83-54(49)56(53(70)43-17-13-11-14-18-43)84-61(44-19-15-12-16-20-44,45-21-25-47(73-9)26-22-45)46-23-27-48(74-10)28-24-46/h11-30,37-38,49-50,52,54-59H,31-36H2,1-10H3,(H2,62,63,71)/t49-,50+,52+,54-,55-,56?,57-,58+,59+,86?/m0/s1. The maximum absolute atomic E-state index is 16.1. The van der Waals surface area contributed by atoms with Gasteiger partial charge < -0.3 is 57.8 Å². The van der Waals surface area contributed by atoms with E-state index < -0.39 is 123 Å². The van der Waals surface area contributed by atoms with Crippen LogP contribution in [-0.2, 0) is 81.0 Å². The molecule has 0 aliphatic carbocycles. The predicted octanol–water partition coefficient (Wildman–Crippen LogP) is 7.14. The van der Waals surface area contributed by atoms with Gasteiger partial charge in [0.1, 0.15) is 54.1 Å². The topological polar surface area (TPSA) is 287 Å². The van der Waals surface area contributed by atoms with Crippen LogP contribution in [0.4, 0.5) is 5.82 Å². The monoisotopic (exact) mass is 1210 g/mol. The Morgan fingerprint density at radius 3 is 1.76 bits per heavy atom. The zero-order chi connectivity index (χ0) is 62.3. The van der Waals surface area contributed by atoms with E-state index in [1.165, 1.54) is 16.8 Å². The van der Waals surface area contributed by atoms with E-state index in [2.05, 4.69) is 4.98 Å². The maximum atomic E-state index is 16.1. The first-order valence-corrected chi connectivity index (χ1v) is 29.4. The van der Waals surface area contributed by atoms with E-state index in [1.54, 1.807) is 73.5 Å². The molecule has 25 heteroatoms. The van der Waals surface area contributed by atoms with Crippen molar-refractivity contribution in [2.45, 2.75) is 135 Å². The lowest BCUT2D eigenvalue weighted by Crippen LogP contribution is -2.63. The first-order valence-electron chi connectivity index (χ1n) is 27.9. The molecule has 2 N–H and O–H groups in total. The number of nitrogen functional groups attached to an aromatic ring is 1. The van der Waals surface area contributed by atoms with Crippen LogP contribution >= 0.6 is 7.75 Å². The first-order chi connectivity index (χ1) is 41.1. The summed E-state index contributed by atoms with van der Waals surface area (Å²) < 4.78 is 97.5. The third kappa shape index (κ3) is 16.4. The van der Waals surface area contributed by atoms with Gasteiger partial charge in [0.05, 0.1) is 40.6 Å². The van der Waals surface area contributed by atoms with Gasteiger partial charge in [-0.05, 0) is 74.7 Å². The Bertz CT molecular complexity index is 3110. The molecule has 24 nitrogen and oxygen atoms in total. The van der Waals surface area contributed by atoms with Crippen molar-refractivity contribution >= 4 is 43.2 Å². The second kappa shape index (κ2) is 30.3. The molecular formula is C61H75N4O20P. The van der Waals surface area contributed by atoms with Crippen LogP contribution in [0, 0.1) is 0 Å². The second-order valence-electron chi connectivity index (χ2n) is 20.7. The fourth-order valence-corrected chi connectivity index (χ4v) is 12.7. The van der Waals surface area contributed by atoms with Crippen LogP contribution in [0.3, 0.4) is 0 Å². The van der Waals surface area contributed by atoms with Gasteiger partial charge in [0, 0.05) is 58.0 Å². The summed E-state index contributed by atoms with van der Waals surface area (Å²) >= 11 is 0. The summed E-state index contributed by atoms with van der Waals surface area (Å²) in [6.07, 6.45) is -11.4. The van der Waals surface area contributed by atoms with Crippen LogP contribution < -0.4 is 20.9 Å². The molecule has 2 aliphatic rings. The Balaban J connectivity index is 1.24. The number of Topliss-reactive ketones (excluding diaryl/α,β-unsaturated/α-hetero) is 1. The average molecular weight is 1220 g/mol. The minimum Gasteiger partial charge on any atom is -0.497 e. The summed E-state index contributed by atoms with van der Waals surface area (Å²) in [6, 6.07) is 32.7. The molecule has 0 amide bonds. The summed E-state index contributed by atoms with van der Waals surface area (Å²) in [5.41, 5.74) is 5.57. The van der Waals surface area contributed by atoms with Gasteiger partial charge in [-0.1, -0.05) is 84.9 Å². The lowest BCUT2D eigenvalue weighted by atomic mass is 9.79. The molecule has 2 fully saturated rings. The van der Waals surface area contributed by atoms with Crippen LogP contribution in [0.15, 0.2) is 126 Å². The van der Waals surface area contributed by atoms with Gasteiger partial charge in [-0.3, -0.25) is 37.6 Å². The summed E-state index contributed by atoms with van der Waals surface area (Å²) in [6.45, 7) is 10.3. The van der Waals surface area contributed by atoms with Crippen molar-refractivity contribution in [2.24, 2.45) is 0 Å². The zero-order valence-corrected chi connectivity index (χ0v) is 50.6. The highest BCUT2D eigenvalue weighted by atomic mass is 31.2. The number of esters is 4. The molecule has 2 aliphatic heterocycles. The number of methoxy groups -OCH3 is 2. The summed E-state index contributed by atoms with van der Waals surface area (Å²) in [7, 11) is -1.46. The smallest absolute Gasteiger partial charge is 0.409 e. The lowest BCUT2D eigenvalue weighted by Gasteiger charge is -2.44. The molecule has 86 heavy (non-hydrogen) atoms. The van der Waals surface area contributed by atoms with Gasteiger partial charge in [0.15, 0.2) is 36.5 Å². The van der Waals surface area contributed by atoms with E-state index in [-0.39, 0.29) is 44.2 Å².